The summed E-state index contributed by atoms with van der Waals surface area (Å²) in [6.07, 6.45) is 5.13. The predicted octanol–water partition coefficient (Wildman–Crippen LogP) is 2.14. The second-order valence-corrected chi connectivity index (χ2v) is 4.67. The summed E-state index contributed by atoms with van der Waals surface area (Å²) < 4.78 is 15.4. The van der Waals surface area contributed by atoms with Crippen molar-refractivity contribution in [2.75, 3.05) is 11.9 Å². The van der Waals surface area contributed by atoms with Gasteiger partial charge in [0.05, 0.1) is 12.1 Å². The number of nitrogens with zero attached hydrogens (tertiary/aromatic N) is 5. The fourth-order valence-electron chi connectivity index (χ4n) is 2.16. The molecule has 0 fully saturated rings. The molecule has 5 nitrogen and oxygen atoms in total. The minimum absolute atomic E-state index is 0.293. The van der Waals surface area contributed by atoms with Crippen LogP contribution in [-0.2, 0) is 13.6 Å². The van der Waals surface area contributed by atoms with Crippen molar-refractivity contribution in [3.05, 3.63) is 48.6 Å². The third-order valence-electron chi connectivity index (χ3n) is 3.24. The molecule has 3 rings (SSSR count). The van der Waals surface area contributed by atoms with Gasteiger partial charge in [-0.15, -0.1) is 0 Å². The summed E-state index contributed by atoms with van der Waals surface area (Å²) in [6, 6.07) is 4.52. The van der Waals surface area contributed by atoms with E-state index in [9.17, 15) is 4.39 Å². The van der Waals surface area contributed by atoms with Gasteiger partial charge in [-0.1, -0.05) is 0 Å². The molecule has 0 saturated heterocycles. The van der Waals surface area contributed by atoms with E-state index in [0.29, 0.717) is 17.7 Å². The summed E-state index contributed by atoms with van der Waals surface area (Å²) in [5, 5.41) is 0.698. The summed E-state index contributed by atoms with van der Waals surface area (Å²) in [7, 11) is 3.84. The summed E-state index contributed by atoms with van der Waals surface area (Å²) in [5.74, 6) is 1.31. The maximum absolute atomic E-state index is 13.4. The summed E-state index contributed by atoms with van der Waals surface area (Å²) in [5.41, 5.74) is 0.725. The zero-order chi connectivity index (χ0) is 14.1. The standard InChI is InChI=1S/C14H14FN5/c1-19-6-5-16-13(19)8-20(2)14-11-7-10(15)3-4-12(11)17-9-18-14/h3-7,9H,8H2,1-2H3. The number of aryl methyl sites for hydroxylation is 1. The van der Waals surface area contributed by atoms with Gasteiger partial charge in [0.15, 0.2) is 0 Å². The highest BCUT2D eigenvalue weighted by molar-refractivity contribution is 5.89. The molecule has 0 atom stereocenters. The van der Waals surface area contributed by atoms with E-state index in [4.69, 9.17) is 0 Å². The first kappa shape index (κ1) is 12.5. The van der Waals surface area contributed by atoms with Gasteiger partial charge in [-0.05, 0) is 18.2 Å². The topological polar surface area (TPSA) is 46.8 Å². The molecule has 1 aromatic carbocycles. The van der Waals surface area contributed by atoms with Gasteiger partial charge in [0, 0.05) is 31.9 Å². The van der Waals surface area contributed by atoms with E-state index < -0.39 is 0 Å². The molecule has 2 aromatic heterocycles. The molecule has 0 bridgehead atoms. The number of rotatable bonds is 3. The molecule has 0 amide bonds. The molecule has 2 heterocycles. The minimum atomic E-state index is -0.293. The number of anilines is 1. The SMILES string of the molecule is CN(Cc1nccn1C)c1ncnc2ccc(F)cc12. The Balaban J connectivity index is 2.01. The lowest BCUT2D eigenvalue weighted by atomic mass is 10.2. The number of fused-ring (bicyclic) bond motifs is 1. The van der Waals surface area contributed by atoms with E-state index in [1.165, 1.54) is 18.5 Å². The first-order valence-electron chi connectivity index (χ1n) is 6.23. The Bertz CT molecular complexity index is 752. The van der Waals surface area contributed by atoms with E-state index in [0.717, 1.165) is 11.3 Å². The smallest absolute Gasteiger partial charge is 0.140 e. The number of hydrogen-bond acceptors (Lipinski definition) is 4. The zero-order valence-electron chi connectivity index (χ0n) is 11.3. The maximum Gasteiger partial charge on any atom is 0.140 e. The van der Waals surface area contributed by atoms with Gasteiger partial charge in [0.25, 0.3) is 0 Å². The van der Waals surface area contributed by atoms with Gasteiger partial charge in [0.2, 0.25) is 0 Å². The first-order chi connectivity index (χ1) is 9.65. The second kappa shape index (κ2) is 4.88. The van der Waals surface area contributed by atoms with Gasteiger partial charge in [-0.2, -0.15) is 0 Å². The van der Waals surface area contributed by atoms with E-state index >= 15 is 0 Å². The third kappa shape index (κ3) is 2.20. The van der Waals surface area contributed by atoms with Crippen LogP contribution in [0.5, 0.6) is 0 Å². The average Bonchev–Trinajstić information content (AvgIpc) is 2.83. The van der Waals surface area contributed by atoms with Crippen LogP contribution in [0, 0.1) is 5.82 Å². The molecule has 0 saturated carbocycles. The fourth-order valence-corrected chi connectivity index (χ4v) is 2.16. The van der Waals surface area contributed by atoms with Gasteiger partial charge >= 0.3 is 0 Å². The van der Waals surface area contributed by atoms with Crippen LogP contribution in [-0.4, -0.2) is 26.6 Å². The van der Waals surface area contributed by atoms with Gasteiger partial charge in [0.1, 0.15) is 23.8 Å². The molecule has 6 heteroatoms. The van der Waals surface area contributed by atoms with Crippen molar-refractivity contribution in [1.29, 1.82) is 0 Å². The molecule has 20 heavy (non-hydrogen) atoms. The molecular weight excluding hydrogens is 257 g/mol. The Morgan fingerprint density at radius 2 is 2.10 bits per heavy atom. The molecule has 0 aliphatic carbocycles. The molecule has 102 valence electrons. The molecule has 0 spiro atoms. The number of benzene rings is 1. The fraction of sp³-hybridized carbons (Fsp3) is 0.214. The number of aromatic nitrogens is 4. The van der Waals surface area contributed by atoms with E-state index in [1.54, 1.807) is 12.3 Å². The largest absolute Gasteiger partial charge is 0.352 e. The van der Waals surface area contributed by atoms with Crippen LogP contribution in [0.1, 0.15) is 5.82 Å². The Morgan fingerprint density at radius 1 is 1.25 bits per heavy atom. The van der Waals surface area contributed by atoms with E-state index in [1.807, 2.05) is 29.8 Å². The van der Waals surface area contributed by atoms with Crippen molar-refractivity contribution in [3.8, 4) is 0 Å². The second-order valence-electron chi connectivity index (χ2n) is 4.67. The van der Waals surface area contributed by atoms with Crippen molar-refractivity contribution in [3.63, 3.8) is 0 Å². The predicted molar refractivity (Wildman–Crippen MR) is 74.8 cm³/mol. The van der Waals surface area contributed by atoms with Crippen LogP contribution in [0.3, 0.4) is 0 Å². The Hall–Kier alpha value is -2.50. The van der Waals surface area contributed by atoms with Crippen molar-refractivity contribution in [1.82, 2.24) is 19.5 Å². The van der Waals surface area contributed by atoms with E-state index in [-0.39, 0.29) is 5.82 Å². The van der Waals surface area contributed by atoms with E-state index in [2.05, 4.69) is 15.0 Å². The van der Waals surface area contributed by atoms with Crippen LogP contribution in [0.2, 0.25) is 0 Å². The molecule has 0 radical (unpaired) electrons. The lowest BCUT2D eigenvalue weighted by Gasteiger charge is -2.19. The molecule has 0 unspecified atom stereocenters. The normalized spacial score (nSPS) is 10.9. The molecular formula is C14H14FN5. The van der Waals surface area contributed by atoms with Gasteiger partial charge < -0.3 is 9.47 Å². The highest BCUT2D eigenvalue weighted by atomic mass is 19.1. The lowest BCUT2D eigenvalue weighted by molar-refractivity contribution is 0.629. The van der Waals surface area contributed by atoms with Crippen LogP contribution in [0.25, 0.3) is 10.9 Å². The average molecular weight is 271 g/mol. The van der Waals surface area contributed by atoms with Crippen molar-refractivity contribution in [2.45, 2.75) is 6.54 Å². The van der Waals surface area contributed by atoms with Gasteiger partial charge in [-0.25, -0.2) is 19.3 Å². The summed E-state index contributed by atoms with van der Waals surface area (Å²) >= 11 is 0. The highest BCUT2D eigenvalue weighted by Gasteiger charge is 2.11. The monoisotopic (exact) mass is 271 g/mol. The molecule has 0 N–H and O–H groups in total. The van der Waals surface area contributed by atoms with Crippen LogP contribution in [0.15, 0.2) is 36.9 Å². The minimum Gasteiger partial charge on any atom is -0.352 e. The lowest BCUT2D eigenvalue weighted by Crippen LogP contribution is -2.20. The van der Waals surface area contributed by atoms with Crippen molar-refractivity contribution < 1.29 is 4.39 Å². The number of hydrogen-bond donors (Lipinski definition) is 0. The summed E-state index contributed by atoms with van der Waals surface area (Å²) in [4.78, 5) is 14.6. The Morgan fingerprint density at radius 3 is 2.85 bits per heavy atom. The van der Waals surface area contributed by atoms with Gasteiger partial charge in [-0.3, -0.25) is 0 Å². The summed E-state index contributed by atoms with van der Waals surface area (Å²) in [6.45, 7) is 0.589. The maximum atomic E-state index is 13.4. The zero-order valence-corrected chi connectivity index (χ0v) is 11.3. The molecule has 3 aromatic rings. The Labute approximate surface area is 115 Å². The van der Waals surface area contributed by atoms with Crippen LogP contribution >= 0.6 is 0 Å². The molecule has 0 aliphatic rings. The van der Waals surface area contributed by atoms with Crippen molar-refractivity contribution >= 4 is 16.7 Å². The van der Waals surface area contributed by atoms with Crippen molar-refractivity contribution in [2.24, 2.45) is 7.05 Å². The third-order valence-corrected chi connectivity index (χ3v) is 3.24. The quantitative estimate of drug-likeness (QED) is 0.732. The Kier molecular flexibility index (Phi) is 3.06. The number of imidazole rings is 1. The number of halogens is 1. The van der Waals surface area contributed by atoms with Crippen LogP contribution in [0.4, 0.5) is 10.2 Å². The van der Waals surface area contributed by atoms with Crippen LogP contribution < -0.4 is 4.90 Å². The highest BCUT2D eigenvalue weighted by Crippen LogP contribution is 2.23. The molecule has 0 aliphatic heterocycles. The first-order valence-corrected chi connectivity index (χ1v) is 6.23.